The number of hydrogen-bond acceptors (Lipinski definition) is 3. The van der Waals surface area contributed by atoms with Crippen LogP contribution < -0.4 is 5.32 Å². The summed E-state index contributed by atoms with van der Waals surface area (Å²) in [5.41, 5.74) is 2.95. The van der Waals surface area contributed by atoms with E-state index >= 15 is 0 Å². The largest absolute Gasteiger partial charge is 0.380 e. The van der Waals surface area contributed by atoms with E-state index in [9.17, 15) is 9.18 Å². The number of amides is 1. The Hall–Kier alpha value is -2.86. The van der Waals surface area contributed by atoms with Crippen molar-refractivity contribution >= 4 is 23.2 Å². The van der Waals surface area contributed by atoms with Gasteiger partial charge in [-0.3, -0.25) is 4.79 Å². The molecule has 0 bridgehead atoms. The van der Waals surface area contributed by atoms with Crippen LogP contribution in [0.5, 0.6) is 0 Å². The monoisotopic (exact) mass is 412 g/mol. The molecule has 1 N–H and O–H groups in total. The lowest BCUT2D eigenvalue weighted by Gasteiger charge is -2.18. The van der Waals surface area contributed by atoms with E-state index in [1.54, 1.807) is 23.7 Å². The summed E-state index contributed by atoms with van der Waals surface area (Å²) < 4.78 is 14.7. The molecule has 1 aliphatic heterocycles. The van der Waals surface area contributed by atoms with Crippen LogP contribution in [0.1, 0.15) is 28.0 Å². The molecule has 0 spiro atoms. The summed E-state index contributed by atoms with van der Waals surface area (Å²) >= 11 is 6.51. The third kappa shape index (κ3) is 4.27. The van der Waals surface area contributed by atoms with Crippen molar-refractivity contribution in [2.45, 2.75) is 25.9 Å². The molecule has 5 nitrogen and oxygen atoms in total. The summed E-state index contributed by atoms with van der Waals surface area (Å²) in [6, 6.07) is 16.4. The first-order valence-electron chi connectivity index (χ1n) is 9.59. The van der Waals surface area contributed by atoms with Gasteiger partial charge in [-0.2, -0.15) is 5.10 Å². The molecule has 1 unspecified atom stereocenters. The van der Waals surface area contributed by atoms with Crippen LogP contribution in [-0.4, -0.2) is 39.7 Å². The zero-order valence-electron chi connectivity index (χ0n) is 16.1. The number of benzene rings is 2. The average molecular weight is 413 g/mol. The molecular formula is C22H22ClFN4O. The Bertz CT molecular complexity index is 1000. The predicted octanol–water partition coefficient (Wildman–Crippen LogP) is 4.36. The van der Waals surface area contributed by atoms with E-state index in [4.69, 9.17) is 11.6 Å². The summed E-state index contributed by atoms with van der Waals surface area (Å²) in [7, 11) is 0. The molecule has 1 aliphatic rings. The lowest BCUT2D eigenvalue weighted by atomic mass is 10.2. The molecule has 1 amide bonds. The first-order valence-corrected chi connectivity index (χ1v) is 9.97. The van der Waals surface area contributed by atoms with Crippen molar-refractivity contribution in [2.75, 3.05) is 18.4 Å². The molecule has 1 fully saturated rings. The smallest absolute Gasteiger partial charge is 0.258 e. The van der Waals surface area contributed by atoms with Crippen molar-refractivity contribution < 1.29 is 9.18 Å². The molecular weight excluding hydrogens is 391 g/mol. The maximum absolute atomic E-state index is 13.1. The minimum absolute atomic E-state index is 0.102. The molecule has 1 atom stereocenters. The SMILES string of the molecule is Cc1nn(Cc2ccc(F)cc2)c(Cl)c1C(=O)N1CCC(Nc2ccccc2)C1. The van der Waals surface area contributed by atoms with Crippen molar-refractivity contribution in [1.29, 1.82) is 0 Å². The van der Waals surface area contributed by atoms with Gasteiger partial charge >= 0.3 is 0 Å². The van der Waals surface area contributed by atoms with Crippen LogP contribution in [-0.2, 0) is 6.54 Å². The lowest BCUT2D eigenvalue weighted by Crippen LogP contribution is -2.32. The number of rotatable bonds is 5. The molecule has 2 aromatic carbocycles. The highest BCUT2D eigenvalue weighted by molar-refractivity contribution is 6.33. The standard InChI is InChI=1S/C22H22ClFN4O/c1-15-20(21(23)28(26-15)13-16-7-9-17(24)10-8-16)22(29)27-12-11-19(14-27)25-18-5-3-2-4-6-18/h2-10,19,25H,11-14H2,1H3. The minimum Gasteiger partial charge on any atom is -0.380 e. The first-order chi connectivity index (χ1) is 14.0. The predicted molar refractivity (Wildman–Crippen MR) is 112 cm³/mol. The van der Waals surface area contributed by atoms with E-state index in [2.05, 4.69) is 10.4 Å². The van der Waals surface area contributed by atoms with Crippen LogP contribution in [0.25, 0.3) is 0 Å². The molecule has 2 heterocycles. The quantitative estimate of drug-likeness (QED) is 0.677. The molecule has 4 rings (SSSR count). The first kappa shape index (κ1) is 19.5. The average Bonchev–Trinajstić information content (AvgIpc) is 3.28. The fourth-order valence-electron chi connectivity index (χ4n) is 3.65. The zero-order valence-corrected chi connectivity index (χ0v) is 16.9. The Morgan fingerprint density at radius 3 is 2.66 bits per heavy atom. The second kappa shape index (κ2) is 8.25. The van der Waals surface area contributed by atoms with E-state index in [0.717, 1.165) is 17.7 Å². The van der Waals surface area contributed by atoms with Crippen LogP contribution in [0.4, 0.5) is 10.1 Å². The molecule has 0 saturated carbocycles. The molecule has 150 valence electrons. The lowest BCUT2D eigenvalue weighted by molar-refractivity contribution is 0.0791. The number of carbonyl (C=O) groups excluding carboxylic acids is 1. The summed E-state index contributed by atoms with van der Waals surface area (Å²) in [4.78, 5) is 14.9. The molecule has 29 heavy (non-hydrogen) atoms. The Labute approximate surface area is 174 Å². The third-order valence-electron chi connectivity index (χ3n) is 5.14. The number of halogens is 2. The number of hydrogen-bond donors (Lipinski definition) is 1. The van der Waals surface area contributed by atoms with Gasteiger partial charge in [0.05, 0.1) is 17.8 Å². The normalized spacial score (nSPS) is 16.2. The molecule has 0 aliphatic carbocycles. The fourth-order valence-corrected chi connectivity index (χ4v) is 3.97. The van der Waals surface area contributed by atoms with Crippen LogP contribution in [0.15, 0.2) is 54.6 Å². The van der Waals surface area contributed by atoms with E-state index < -0.39 is 0 Å². The molecule has 1 aromatic heterocycles. The number of nitrogens with zero attached hydrogens (tertiary/aromatic N) is 3. The number of aromatic nitrogens is 2. The van der Waals surface area contributed by atoms with Gasteiger partial charge in [0.15, 0.2) is 0 Å². The van der Waals surface area contributed by atoms with Gasteiger partial charge in [0.1, 0.15) is 11.0 Å². The number of likely N-dealkylation sites (tertiary alicyclic amines) is 1. The highest BCUT2D eigenvalue weighted by Gasteiger charge is 2.31. The highest BCUT2D eigenvalue weighted by atomic mass is 35.5. The summed E-state index contributed by atoms with van der Waals surface area (Å²) in [6.07, 6.45) is 0.876. The zero-order chi connectivity index (χ0) is 20.4. The Balaban J connectivity index is 1.46. The minimum atomic E-state index is -0.292. The summed E-state index contributed by atoms with van der Waals surface area (Å²) in [5, 5.41) is 8.22. The Morgan fingerprint density at radius 2 is 1.93 bits per heavy atom. The Kier molecular flexibility index (Phi) is 5.53. The van der Waals surface area contributed by atoms with Crippen LogP contribution in [0.3, 0.4) is 0 Å². The van der Waals surface area contributed by atoms with Crippen LogP contribution >= 0.6 is 11.6 Å². The molecule has 1 saturated heterocycles. The maximum Gasteiger partial charge on any atom is 0.258 e. The maximum atomic E-state index is 13.1. The molecule has 7 heteroatoms. The van der Waals surface area contributed by atoms with Gasteiger partial charge in [0.2, 0.25) is 0 Å². The third-order valence-corrected chi connectivity index (χ3v) is 5.53. The van der Waals surface area contributed by atoms with Crippen molar-refractivity contribution in [1.82, 2.24) is 14.7 Å². The molecule has 3 aromatic rings. The number of anilines is 1. The van der Waals surface area contributed by atoms with E-state index in [1.165, 1.54) is 12.1 Å². The number of carbonyl (C=O) groups is 1. The van der Waals surface area contributed by atoms with Gasteiger partial charge in [0, 0.05) is 24.8 Å². The number of aryl methyl sites for hydroxylation is 1. The Morgan fingerprint density at radius 1 is 1.21 bits per heavy atom. The van der Waals surface area contributed by atoms with Gasteiger partial charge in [0.25, 0.3) is 5.91 Å². The van der Waals surface area contributed by atoms with Gasteiger partial charge in [-0.15, -0.1) is 0 Å². The van der Waals surface area contributed by atoms with Crippen molar-refractivity contribution in [3.05, 3.63) is 82.4 Å². The van der Waals surface area contributed by atoms with Crippen molar-refractivity contribution in [2.24, 2.45) is 0 Å². The highest BCUT2D eigenvalue weighted by Crippen LogP contribution is 2.25. The van der Waals surface area contributed by atoms with Crippen molar-refractivity contribution in [3.63, 3.8) is 0 Å². The second-order valence-electron chi connectivity index (χ2n) is 7.28. The van der Waals surface area contributed by atoms with E-state index in [1.807, 2.05) is 35.2 Å². The number of nitrogens with one attached hydrogen (secondary N) is 1. The topological polar surface area (TPSA) is 50.2 Å². The molecule has 0 radical (unpaired) electrons. The van der Waals surface area contributed by atoms with E-state index in [-0.39, 0.29) is 17.8 Å². The fraction of sp³-hybridized carbons (Fsp3) is 0.273. The van der Waals surface area contributed by atoms with Gasteiger partial charge in [-0.1, -0.05) is 41.9 Å². The van der Waals surface area contributed by atoms with Gasteiger partial charge in [-0.25, -0.2) is 9.07 Å². The summed E-state index contributed by atoms with van der Waals surface area (Å²) in [6.45, 7) is 3.45. The van der Waals surface area contributed by atoms with E-state index in [0.29, 0.717) is 36.0 Å². The number of para-hydroxylation sites is 1. The van der Waals surface area contributed by atoms with Crippen molar-refractivity contribution in [3.8, 4) is 0 Å². The summed E-state index contributed by atoms with van der Waals surface area (Å²) in [5.74, 6) is -0.393. The van der Waals surface area contributed by atoms with Crippen LogP contribution in [0, 0.1) is 12.7 Å². The van der Waals surface area contributed by atoms with Gasteiger partial charge < -0.3 is 10.2 Å². The second-order valence-corrected chi connectivity index (χ2v) is 7.64. The van der Waals surface area contributed by atoms with Crippen LogP contribution in [0.2, 0.25) is 5.15 Å². The van der Waals surface area contributed by atoms with Gasteiger partial charge in [-0.05, 0) is 43.2 Å².